The van der Waals surface area contributed by atoms with Crippen LogP contribution in [0, 0.1) is 10.7 Å². The number of ether oxygens (including phenoxy) is 2. The van der Waals surface area contributed by atoms with E-state index in [1.165, 1.54) is 19.1 Å². The average Bonchev–Trinajstić information content (AvgIpc) is 2.72. The Labute approximate surface area is 177 Å². The maximum absolute atomic E-state index is 13.3. The fourth-order valence-corrected chi connectivity index (χ4v) is 3.32. The summed E-state index contributed by atoms with van der Waals surface area (Å²) >= 11 is 0. The summed E-state index contributed by atoms with van der Waals surface area (Å²) in [5.74, 6) is -0.550. The third-order valence-corrected chi connectivity index (χ3v) is 4.92. The smallest absolute Gasteiger partial charge is 0.348 e. The van der Waals surface area contributed by atoms with Crippen molar-refractivity contribution in [3.8, 4) is 0 Å². The van der Waals surface area contributed by atoms with Gasteiger partial charge in [0.1, 0.15) is 11.9 Å². The lowest BCUT2D eigenvalue weighted by molar-refractivity contribution is -0.230. The van der Waals surface area contributed by atoms with Crippen molar-refractivity contribution in [1.29, 1.82) is 0 Å². The zero-order valence-corrected chi connectivity index (χ0v) is 16.5. The monoisotopic (exact) mass is 466 g/mol. The lowest BCUT2D eigenvalue weighted by Gasteiger charge is -2.38. The first-order valence-corrected chi connectivity index (χ1v) is 9.32. The molecule has 0 saturated carbocycles. The summed E-state index contributed by atoms with van der Waals surface area (Å²) in [6.07, 6.45) is -12.6. The van der Waals surface area contributed by atoms with Crippen LogP contribution in [0.5, 0.6) is 0 Å². The molecule has 1 fully saturated rings. The first kappa shape index (κ1) is 23.9. The van der Waals surface area contributed by atoms with Crippen LogP contribution in [0.15, 0.2) is 47.8 Å². The summed E-state index contributed by atoms with van der Waals surface area (Å²) in [6.45, 7) is 1.28. The van der Waals surface area contributed by atoms with Gasteiger partial charge in [-0.25, -0.2) is 9.40 Å². The van der Waals surface area contributed by atoms with Crippen LogP contribution < -0.4 is 0 Å². The Hall–Kier alpha value is -2.73. The summed E-state index contributed by atoms with van der Waals surface area (Å²) in [5.41, 5.74) is -2.98. The maximum Gasteiger partial charge on any atom is 0.416 e. The van der Waals surface area contributed by atoms with Crippen molar-refractivity contribution in [3.63, 3.8) is 0 Å². The number of morpholine rings is 1. The molecule has 3 rings (SSSR count). The number of hydrogen-bond acceptors (Lipinski definition) is 4. The van der Waals surface area contributed by atoms with Crippen molar-refractivity contribution >= 4 is 0 Å². The van der Waals surface area contributed by atoms with Crippen LogP contribution in [0.25, 0.3) is 0 Å². The zero-order chi connectivity index (χ0) is 23.7. The molecule has 1 heterocycles. The third-order valence-electron chi connectivity index (χ3n) is 4.92. The van der Waals surface area contributed by atoms with Crippen molar-refractivity contribution in [2.75, 3.05) is 13.2 Å². The normalized spacial score (nSPS) is 20.8. The third kappa shape index (κ3) is 5.36. The number of alkyl halides is 6. The van der Waals surface area contributed by atoms with Crippen LogP contribution in [-0.2, 0) is 21.8 Å². The van der Waals surface area contributed by atoms with E-state index in [2.05, 4.69) is 5.29 Å². The van der Waals surface area contributed by atoms with E-state index in [0.29, 0.717) is 17.7 Å². The molecule has 1 saturated heterocycles. The van der Waals surface area contributed by atoms with Crippen molar-refractivity contribution in [1.82, 2.24) is 5.01 Å². The summed E-state index contributed by atoms with van der Waals surface area (Å²) in [5, 5.41) is 3.94. The SMILES string of the molecule is C[C@@H](O[C@H]1OCCN(N=O)[C@H]1c1ccc(F)cc1)c1cc(C(F)(F)F)cc(C(F)(F)F)c1. The van der Waals surface area contributed by atoms with E-state index < -0.39 is 47.7 Å². The summed E-state index contributed by atoms with van der Waals surface area (Å²) < 4.78 is 103. The number of benzene rings is 2. The highest BCUT2D eigenvalue weighted by Crippen LogP contribution is 2.39. The number of nitrogens with zero attached hydrogens (tertiary/aromatic N) is 2. The lowest BCUT2D eigenvalue weighted by atomic mass is 10.0. The molecule has 12 heteroatoms. The highest BCUT2D eigenvalue weighted by Gasteiger charge is 2.39. The number of nitroso groups, excluding NO2 is 1. The molecule has 32 heavy (non-hydrogen) atoms. The first-order chi connectivity index (χ1) is 14.9. The van der Waals surface area contributed by atoms with Gasteiger partial charge >= 0.3 is 12.4 Å². The average molecular weight is 466 g/mol. The fourth-order valence-electron chi connectivity index (χ4n) is 3.32. The van der Waals surface area contributed by atoms with E-state index in [9.17, 15) is 35.6 Å². The quantitative estimate of drug-likeness (QED) is 0.399. The largest absolute Gasteiger partial charge is 0.416 e. The fraction of sp³-hybridized carbons (Fsp3) is 0.400. The van der Waals surface area contributed by atoms with E-state index in [0.717, 1.165) is 17.1 Å². The Kier molecular flexibility index (Phi) is 6.75. The minimum atomic E-state index is -5.01. The molecule has 2 aromatic carbocycles. The van der Waals surface area contributed by atoms with Crippen molar-refractivity contribution < 1.29 is 40.2 Å². The van der Waals surface area contributed by atoms with Gasteiger partial charge in [-0.3, -0.25) is 0 Å². The maximum atomic E-state index is 13.3. The van der Waals surface area contributed by atoms with Gasteiger partial charge in [-0.05, 0) is 48.4 Å². The Balaban J connectivity index is 1.94. The highest BCUT2D eigenvalue weighted by molar-refractivity contribution is 5.34. The van der Waals surface area contributed by atoms with Gasteiger partial charge in [0.05, 0.1) is 35.7 Å². The molecular weight excluding hydrogens is 449 g/mol. The van der Waals surface area contributed by atoms with Crippen LogP contribution in [0.3, 0.4) is 0 Å². The van der Waals surface area contributed by atoms with Gasteiger partial charge in [0.15, 0.2) is 6.29 Å². The summed E-state index contributed by atoms with van der Waals surface area (Å²) in [7, 11) is 0. The molecule has 1 aliphatic heterocycles. The van der Waals surface area contributed by atoms with Crippen molar-refractivity contribution in [2.45, 2.75) is 37.7 Å². The molecule has 0 bridgehead atoms. The summed E-state index contributed by atoms with van der Waals surface area (Å²) in [4.78, 5) is 11.3. The van der Waals surface area contributed by atoms with E-state index in [1.807, 2.05) is 0 Å². The highest BCUT2D eigenvalue weighted by atomic mass is 19.4. The molecule has 174 valence electrons. The van der Waals surface area contributed by atoms with Crippen LogP contribution in [0.1, 0.15) is 41.3 Å². The Morgan fingerprint density at radius 1 is 1.03 bits per heavy atom. The molecule has 0 radical (unpaired) electrons. The van der Waals surface area contributed by atoms with Gasteiger partial charge < -0.3 is 9.47 Å². The second-order valence-electron chi connectivity index (χ2n) is 7.10. The van der Waals surface area contributed by atoms with Crippen molar-refractivity contribution in [3.05, 3.63) is 75.4 Å². The molecule has 0 aromatic heterocycles. The van der Waals surface area contributed by atoms with Crippen LogP contribution >= 0.6 is 0 Å². The Bertz CT molecular complexity index is 915. The molecule has 1 aliphatic rings. The number of hydrogen-bond donors (Lipinski definition) is 0. The van der Waals surface area contributed by atoms with Gasteiger partial charge in [-0.1, -0.05) is 12.1 Å². The second-order valence-corrected chi connectivity index (χ2v) is 7.10. The van der Waals surface area contributed by atoms with Crippen LogP contribution in [0.4, 0.5) is 30.7 Å². The van der Waals surface area contributed by atoms with Gasteiger partial charge in [0, 0.05) is 0 Å². The van der Waals surface area contributed by atoms with Gasteiger partial charge in [0.25, 0.3) is 0 Å². The van der Waals surface area contributed by atoms with E-state index in [4.69, 9.17) is 9.47 Å². The topological polar surface area (TPSA) is 51.1 Å². The van der Waals surface area contributed by atoms with Gasteiger partial charge in [0.2, 0.25) is 0 Å². The summed E-state index contributed by atoms with van der Waals surface area (Å²) in [6, 6.07) is 5.09. The molecule has 0 N–H and O–H groups in total. The van der Waals surface area contributed by atoms with Gasteiger partial charge in [-0.2, -0.15) is 26.3 Å². The van der Waals surface area contributed by atoms with E-state index >= 15 is 0 Å². The molecule has 2 aromatic rings. The zero-order valence-electron chi connectivity index (χ0n) is 16.5. The predicted molar refractivity (Wildman–Crippen MR) is 97.3 cm³/mol. The predicted octanol–water partition coefficient (Wildman–Crippen LogP) is 6.02. The Morgan fingerprint density at radius 3 is 2.09 bits per heavy atom. The first-order valence-electron chi connectivity index (χ1n) is 9.32. The molecule has 0 unspecified atom stereocenters. The second kappa shape index (κ2) is 9.02. The molecule has 0 spiro atoms. The number of rotatable bonds is 5. The Morgan fingerprint density at radius 2 is 1.59 bits per heavy atom. The lowest BCUT2D eigenvalue weighted by Crippen LogP contribution is -2.44. The molecule has 0 amide bonds. The molecular formula is C20H17F7N2O3. The van der Waals surface area contributed by atoms with Crippen LogP contribution in [-0.4, -0.2) is 24.5 Å². The molecule has 5 nitrogen and oxygen atoms in total. The minimum absolute atomic E-state index is 0.0205. The minimum Gasteiger partial charge on any atom is -0.348 e. The van der Waals surface area contributed by atoms with Gasteiger partial charge in [-0.15, -0.1) is 4.91 Å². The van der Waals surface area contributed by atoms with E-state index in [1.54, 1.807) is 0 Å². The standard InChI is InChI=1S/C20H17F7N2O3/c1-11(13-8-14(19(22,23)24)10-15(9-13)20(25,26)27)32-18-17(29(28-30)6-7-31-18)12-2-4-16(21)5-3-12/h2-5,8-11,17-18H,6-7H2,1H3/t11-,17+,18-/m1/s1. The molecule has 0 aliphatic carbocycles. The molecule has 3 atom stereocenters. The van der Waals surface area contributed by atoms with Crippen LogP contribution in [0.2, 0.25) is 0 Å². The number of halogens is 7. The van der Waals surface area contributed by atoms with Crippen molar-refractivity contribution in [2.24, 2.45) is 5.29 Å². The van der Waals surface area contributed by atoms with E-state index in [-0.39, 0.29) is 24.8 Å².